The lowest BCUT2D eigenvalue weighted by Crippen LogP contribution is -2.40. The van der Waals surface area contributed by atoms with E-state index in [0.717, 1.165) is 5.56 Å². The monoisotopic (exact) mass is 645 g/mol. The van der Waals surface area contributed by atoms with Gasteiger partial charge >= 0.3 is 12.1 Å². The first-order chi connectivity index (χ1) is 20.4. The second-order valence-corrected chi connectivity index (χ2v) is 14.6. The highest BCUT2D eigenvalue weighted by molar-refractivity contribution is 7.91. The molecular weight excluding hydrogens is 606 g/mol. The van der Waals surface area contributed by atoms with Gasteiger partial charge in [-0.05, 0) is 108 Å². The second kappa shape index (κ2) is 14.5. The number of amides is 1. The van der Waals surface area contributed by atoms with Crippen LogP contribution in [0.1, 0.15) is 58.8 Å². The van der Waals surface area contributed by atoms with Crippen molar-refractivity contribution in [3.8, 4) is 5.75 Å². The molecule has 0 aliphatic rings. The number of carbonyl (C=O) groups is 2. The molecule has 3 aromatic rings. The van der Waals surface area contributed by atoms with E-state index < -0.39 is 39.2 Å². The Morgan fingerprint density at radius 1 is 0.864 bits per heavy atom. The van der Waals surface area contributed by atoms with Gasteiger partial charge in [-0.3, -0.25) is 0 Å². The molecule has 3 rings (SSSR count). The van der Waals surface area contributed by atoms with Crippen LogP contribution >= 0.6 is 11.6 Å². The van der Waals surface area contributed by atoms with Gasteiger partial charge in [0.25, 0.3) is 0 Å². The lowest BCUT2D eigenvalue weighted by molar-refractivity contribution is -0.157. The Balaban J connectivity index is 1.66. The smallest absolute Gasteiger partial charge is 0.410 e. The van der Waals surface area contributed by atoms with Gasteiger partial charge in [0.1, 0.15) is 17.0 Å². The van der Waals surface area contributed by atoms with Gasteiger partial charge < -0.3 is 24.2 Å². The molecule has 3 aromatic carbocycles. The molecule has 0 radical (unpaired) electrons. The van der Waals surface area contributed by atoms with Crippen LogP contribution in [0.4, 0.5) is 4.79 Å². The summed E-state index contributed by atoms with van der Waals surface area (Å²) in [5, 5.41) is 11.3. The van der Waals surface area contributed by atoms with Gasteiger partial charge in [-0.2, -0.15) is 0 Å². The van der Waals surface area contributed by atoms with E-state index >= 15 is 0 Å². The van der Waals surface area contributed by atoms with Gasteiger partial charge in [-0.25, -0.2) is 18.0 Å². The Kier molecular flexibility index (Phi) is 11.5. The molecule has 0 fully saturated rings. The minimum atomic E-state index is -3.82. The van der Waals surface area contributed by atoms with Crippen molar-refractivity contribution in [2.75, 3.05) is 19.7 Å². The predicted molar refractivity (Wildman–Crippen MR) is 168 cm³/mol. The van der Waals surface area contributed by atoms with Gasteiger partial charge in [0, 0.05) is 11.6 Å². The third-order valence-electron chi connectivity index (χ3n) is 6.09. The summed E-state index contributed by atoms with van der Waals surface area (Å²) in [6.45, 7) is 10.5. The van der Waals surface area contributed by atoms with Gasteiger partial charge in [-0.1, -0.05) is 35.9 Å². The number of esters is 1. The van der Waals surface area contributed by atoms with Gasteiger partial charge in [0.05, 0.1) is 22.4 Å². The van der Waals surface area contributed by atoms with Crippen molar-refractivity contribution in [1.82, 2.24) is 4.90 Å². The zero-order chi connectivity index (χ0) is 32.7. The molecule has 1 N–H and O–H groups in total. The normalized spacial score (nSPS) is 12.7. The average molecular weight is 646 g/mol. The van der Waals surface area contributed by atoms with Crippen molar-refractivity contribution in [1.29, 1.82) is 0 Å². The second-order valence-electron chi connectivity index (χ2n) is 12.2. The maximum atomic E-state index is 13.2. The Morgan fingerprint density at radius 3 is 1.98 bits per heavy atom. The van der Waals surface area contributed by atoms with E-state index in [0.29, 0.717) is 22.8 Å². The molecule has 238 valence electrons. The molecule has 0 aliphatic carbocycles. The van der Waals surface area contributed by atoms with Crippen LogP contribution in [0.25, 0.3) is 0 Å². The molecule has 9 nitrogen and oxygen atoms in total. The van der Waals surface area contributed by atoms with Gasteiger partial charge in [-0.15, -0.1) is 0 Å². The van der Waals surface area contributed by atoms with Crippen LogP contribution in [0.2, 0.25) is 5.02 Å². The van der Waals surface area contributed by atoms with Crippen LogP contribution in [-0.2, 0) is 30.5 Å². The highest BCUT2D eigenvalue weighted by Crippen LogP contribution is 2.25. The van der Waals surface area contributed by atoms with Crippen molar-refractivity contribution in [3.63, 3.8) is 0 Å². The molecule has 0 aromatic heterocycles. The first kappa shape index (κ1) is 34.9. The quantitative estimate of drug-likeness (QED) is 0.238. The number of ether oxygens (including phenoxy) is 3. The number of benzene rings is 3. The third-order valence-corrected chi connectivity index (χ3v) is 8.11. The molecule has 0 saturated heterocycles. The maximum Gasteiger partial charge on any atom is 0.410 e. The van der Waals surface area contributed by atoms with Crippen molar-refractivity contribution < 1.29 is 37.3 Å². The van der Waals surface area contributed by atoms with Crippen molar-refractivity contribution in [3.05, 3.63) is 88.9 Å². The molecule has 1 amide bonds. The summed E-state index contributed by atoms with van der Waals surface area (Å²) in [6.07, 6.45) is -1.16. The summed E-state index contributed by atoms with van der Waals surface area (Å²) < 4.78 is 42.6. The van der Waals surface area contributed by atoms with Crippen molar-refractivity contribution in [2.24, 2.45) is 0 Å². The summed E-state index contributed by atoms with van der Waals surface area (Å²) in [7, 11) is -3.82. The fourth-order valence-electron chi connectivity index (χ4n) is 4.08. The lowest BCUT2D eigenvalue weighted by Gasteiger charge is -2.29. The molecule has 0 bridgehead atoms. The summed E-state index contributed by atoms with van der Waals surface area (Å²) in [5.41, 5.74) is 0.00389. The zero-order valence-electron chi connectivity index (χ0n) is 25.9. The highest BCUT2D eigenvalue weighted by Gasteiger charge is 2.25. The van der Waals surface area contributed by atoms with E-state index in [1.165, 1.54) is 41.3 Å². The average Bonchev–Trinajstić information content (AvgIpc) is 2.92. The van der Waals surface area contributed by atoms with Crippen LogP contribution in [0.5, 0.6) is 5.75 Å². The summed E-state index contributed by atoms with van der Waals surface area (Å²) in [6, 6.07) is 19.0. The summed E-state index contributed by atoms with van der Waals surface area (Å²) in [5.74, 6) is -0.194. The minimum absolute atomic E-state index is 0.0147. The van der Waals surface area contributed by atoms with Crippen LogP contribution < -0.4 is 4.74 Å². The molecule has 1 atom stereocenters. The number of sulfone groups is 1. The SMILES string of the molecule is CC(C)(C)OC(=O)COc1ccc(S(=O)(=O)c2ccc(CCN(CC(O)c3cccc(Cl)c3)C(=O)OC(C)(C)C)cc2)cc1. The molecule has 0 spiro atoms. The number of hydrogen-bond acceptors (Lipinski definition) is 8. The van der Waals surface area contributed by atoms with Crippen LogP contribution in [0.3, 0.4) is 0 Å². The van der Waals surface area contributed by atoms with Crippen LogP contribution in [0.15, 0.2) is 82.6 Å². The zero-order valence-corrected chi connectivity index (χ0v) is 27.4. The van der Waals surface area contributed by atoms with E-state index in [9.17, 15) is 23.1 Å². The summed E-state index contributed by atoms with van der Waals surface area (Å²) >= 11 is 6.07. The van der Waals surface area contributed by atoms with Crippen molar-refractivity contribution in [2.45, 2.75) is 75.1 Å². The fraction of sp³-hybridized carbons (Fsp3) is 0.394. The Labute approximate surface area is 264 Å². The summed E-state index contributed by atoms with van der Waals surface area (Å²) in [4.78, 5) is 26.4. The number of hydrogen-bond donors (Lipinski definition) is 1. The largest absolute Gasteiger partial charge is 0.482 e. The molecular formula is C33H40ClNO8S. The number of nitrogens with zero attached hydrogens (tertiary/aromatic N) is 1. The number of aliphatic hydroxyl groups is 1. The Hall–Kier alpha value is -3.60. The maximum absolute atomic E-state index is 13.2. The first-order valence-electron chi connectivity index (χ1n) is 14.1. The molecule has 0 aliphatic heterocycles. The third kappa shape index (κ3) is 10.8. The Bertz CT molecular complexity index is 1530. The standard InChI is InChI=1S/C33H40ClNO8S/c1-32(2,3)42-30(37)22-41-26-12-16-28(17-13-26)44(39,40)27-14-10-23(11-15-27)18-19-35(31(38)43-33(4,5)6)21-29(36)24-8-7-9-25(34)20-24/h7-17,20,29,36H,18-19,21-22H2,1-6H3. The highest BCUT2D eigenvalue weighted by atomic mass is 35.5. The predicted octanol–water partition coefficient (Wildman–Crippen LogP) is 6.41. The molecule has 0 saturated carbocycles. The first-order valence-corrected chi connectivity index (χ1v) is 16.0. The number of halogens is 1. The topological polar surface area (TPSA) is 119 Å². The fourth-order valence-corrected chi connectivity index (χ4v) is 5.53. The number of aliphatic hydroxyl groups excluding tert-OH is 1. The minimum Gasteiger partial charge on any atom is -0.482 e. The molecule has 0 heterocycles. The van der Waals surface area contributed by atoms with Crippen LogP contribution in [-0.4, -0.2) is 61.4 Å². The molecule has 11 heteroatoms. The van der Waals surface area contributed by atoms with Crippen molar-refractivity contribution >= 4 is 33.5 Å². The van der Waals surface area contributed by atoms with E-state index in [1.54, 1.807) is 77.9 Å². The van der Waals surface area contributed by atoms with E-state index in [-0.39, 0.29) is 29.5 Å². The van der Waals surface area contributed by atoms with E-state index in [2.05, 4.69) is 0 Å². The lowest BCUT2D eigenvalue weighted by atomic mass is 10.1. The number of rotatable bonds is 11. The number of carbonyl (C=O) groups excluding carboxylic acids is 2. The van der Waals surface area contributed by atoms with Crippen LogP contribution in [0, 0.1) is 0 Å². The molecule has 44 heavy (non-hydrogen) atoms. The molecule has 1 unspecified atom stereocenters. The van der Waals surface area contributed by atoms with Gasteiger partial charge in [0.15, 0.2) is 6.61 Å². The van der Waals surface area contributed by atoms with E-state index in [1.807, 2.05) is 0 Å². The Morgan fingerprint density at radius 2 is 1.43 bits per heavy atom. The van der Waals surface area contributed by atoms with E-state index in [4.69, 9.17) is 25.8 Å². The van der Waals surface area contributed by atoms with Gasteiger partial charge in [0.2, 0.25) is 9.84 Å².